The lowest BCUT2D eigenvalue weighted by atomic mass is 9.82. The van der Waals surface area contributed by atoms with Gasteiger partial charge in [0, 0.05) is 41.1 Å². The van der Waals surface area contributed by atoms with Crippen LogP contribution in [0.1, 0.15) is 53.8 Å². The average Bonchev–Trinajstić information content (AvgIpc) is 3.50. The molecule has 2 aliphatic heterocycles. The Hall–Kier alpha value is -3.78. The van der Waals surface area contributed by atoms with E-state index in [0.29, 0.717) is 21.3 Å². The van der Waals surface area contributed by atoms with Crippen LogP contribution in [0.3, 0.4) is 0 Å². The Morgan fingerprint density at radius 1 is 1.26 bits per heavy atom. The van der Waals surface area contributed by atoms with Crippen LogP contribution in [0, 0.1) is 29.6 Å². The number of nitriles is 1. The number of pyridine rings is 2. The molecule has 3 aromatic rings. The van der Waals surface area contributed by atoms with Crippen LogP contribution < -0.4 is 0 Å². The Balaban J connectivity index is 1.59. The van der Waals surface area contributed by atoms with Crippen molar-refractivity contribution in [1.82, 2.24) is 19.8 Å². The molecule has 0 radical (unpaired) electrons. The number of aromatic nitrogens is 2. The third kappa shape index (κ3) is 4.13. The maximum atomic E-state index is 13.9. The van der Waals surface area contributed by atoms with Gasteiger partial charge in [0.25, 0.3) is 11.8 Å². The Morgan fingerprint density at radius 3 is 2.61 bits per heavy atom. The molecule has 0 bridgehead atoms. The van der Waals surface area contributed by atoms with Gasteiger partial charge < -0.3 is 4.90 Å². The van der Waals surface area contributed by atoms with E-state index in [-0.39, 0.29) is 41.9 Å². The summed E-state index contributed by atoms with van der Waals surface area (Å²) in [6.45, 7) is 6.19. The zero-order valence-corrected chi connectivity index (χ0v) is 22.2. The molecule has 0 N–H and O–H groups in total. The van der Waals surface area contributed by atoms with Crippen LogP contribution in [-0.2, 0) is 16.1 Å². The van der Waals surface area contributed by atoms with Gasteiger partial charge >= 0.3 is 0 Å². The summed E-state index contributed by atoms with van der Waals surface area (Å²) >= 11 is 1.33. The Kier molecular flexibility index (Phi) is 6.06. The van der Waals surface area contributed by atoms with Crippen LogP contribution in [0.4, 0.5) is 8.78 Å². The van der Waals surface area contributed by atoms with E-state index in [9.17, 15) is 28.4 Å². The molecule has 8 nitrogen and oxygen atoms in total. The number of halogens is 2. The minimum atomic E-state index is -2.95. The van der Waals surface area contributed by atoms with E-state index in [1.165, 1.54) is 22.3 Å². The lowest BCUT2D eigenvalue weighted by molar-refractivity contribution is -0.141. The highest BCUT2D eigenvalue weighted by Crippen LogP contribution is 2.41. The number of carbonyl (C=O) groups excluding carboxylic acids is 3. The molecular weight excluding hydrogens is 512 g/mol. The van der Waals surface area contributed by atoms with Crippen molar-refractivity contribution < 1.29 is 23.2 Å². The van der Waals surface area contributed by atoms with Crippen LogP contribution >= 0.6 is 11.3 Å². The van der Waals surface area contributed by atoms with Crippen molar-refractivity contribution in [3.05, 3.63) is 46.2 Å². The quantitative estimate of drug-likeness (QED) is 0.452. The number of rotatable bonds is 4. The predicted molar refractivity (Wildman–Crippen MR) is 136 cm³/mol. The van der Waals surface area contributed by atoms with Crippen molar-refractivity contribution in [2.45, 2.75) is 46.6 Å². The smallest absolute Gasteiger partial charge is 0.267 e. The molecule has 0 aromatic carbocycles. The third-order valence-electron chi connectivity index (χ3n) is 7.57. The zero-order chi connectivity index (χ0) is 27.6. The van der Waals surface area contributed by atoms with Crippen molar-refractivity contribution >= 4 is 39.3 Å². The number of nitrogens with zero attached hydrogens (tertiary/aromatic N) is 5. The second-order valence-corrected chi connectivity index (χ2v) is 11.6. The predicted octanol–water partition coefficient (Wildman–Crippen LogP) is 4.55. The molecule has 2 aliphatic rings. The van der Waals surface area contributed by atoms with Crippen molar-refractivity contribution in [1.29, 1.82) is 5.26 Å². The molecule has 3 amide bonds. The third-order valence-corrected chi connectivity index (χ3v) is 8.71. The summed E-state index contributed by atoms with van der Waals surface area (Å²) < 4.78 is 28.5. The van der Waals surface area contributed by atoms with E-state index >= 15 is 0 Å². The number of alkyl halides is 2. The molecule has 2 saturated heterocycles. The van der Waals surface area contributed by atoms with Gasteiger partial charge in [0.15, 0.2) is 0 Å². The summed E-state index contributed by atoms with van der Waals surface area (Å²) in [4.78, 5) is 50.9. The largest absolute Gasteiger partial charge is 0.332 e. The molecule has 2 fully saturated rings. The van der Waals surface area contributed by atoms with E-state index < -0.39 is 36.1 Å². The second-order valence-electron chi connectivity index (χ2n) is 10.4. The molecular formula is C27H25F2N5O3S. The molecule has 5 heterocycles. The first-order valence-corrected chi connectivity index (χ1v) is 13.0. The Labute approximate surface area is 221 Å². The van der Waals surface area contributed by atoms with Crippen LogP contribution in [0.25, 0.3) is 21.3 Å². The van der Waals surface area contributed by atoms with Crippen LogP contribution in [0.5, 0.6) is 0 Å². The number of likely N-dealkylation sites (tertiary alicyclic amines) is 2. The summed E-state index contributed by atoms with van der Waals surface area (Å²) in [5.74, 6) is -4.43. The topological polar surface area (TPSA) is 107 Å². The lowest BCUT2D eigenvalue weighted by Crippen LogP contribution is -2.32. The van der Waals surface area contributed by atoms with Crippen LogP contribution in [-0.4, -0.2) is 56.5 Å². The van der Waals surface area contributed by atoms with Crippen molar-refractivity contribution in [2.24, 2.45) is 11.3 Å². The molecule has 0 saturated carbocycles. The number of hydrogen-bond acceptors (Lipinski definition) is 7. The van der Waals surface area contributed by atoms with E-state index in [2.05, 4.69) is 9.97 Å². The van der Waals surface area contributed by atoms with Gasteiger partial charge in [-0.15, -0.1) is 11.3 Å². The monoisotopic (exact) mass is 537 g/mol. The minimum Gasteiger partial charge on any atom is -0.332 e. The molecule has 196 valence electrons. The fourth-order valence-corrected chi connectivity index (χ4v) is 6.17. The molecule has 5 rings (SSSR count). The van der Waals surface area contributed by atoms with E-state index in [1.807, 2.05) is 6.07 Å². The second kappa shape index (κ2) is 8.91. The van der Waals surface area contributed by atoms with Gasteiger partial charge in [-0.25, -0.2) is 13.8 Å². The molecule has 11 heteroatoms. The van der Waals surface area contributed by atoms with E-state index in [0.717, 1.165) is 9.78 Å². The van der Waals surface area contributed by atoms with E-state index in [1.54, 1.807) is 46.0 Å². The van der Waals surface area contributed by atoms with Gasteiger partial charge in [-0.3, -0.25) is 24.3 Å². The summed E-state index contributed by atoms with van der Waals surface area (Å²) in [5.41, 5.74) is 1.31. The summed E-state index contributed by atoms with van der Waals surface area (Å²) in [6.07, 6.45) is 1.15. The number of fused-ring (bicyclic) bond motifs is 1. The highest BCUT2D eigenvalue weighted by atomic mass is 32.1. The minimum absolute atomic E-state index is 0.0771. The molecule has 3 aromatic heterocycles. The average molecular weight is 538 g/mol. The molecule has 0 spiro atoms. The van der Waals surface area contributed by atoms with Gasteiger partial charge in [-0.05, 0) is 25.1 Å². The maximum Gasteiger partial charge on any atom is 0.267 e. The first kappa shape index (κ1) is 25.9. The summed E-state index contributed by atoms with van der Waals surface area (Å²) in [7, 11) is 0. The molecule has 1 unspecified atom stereocenters. The highest BCUT2D eigenvalue weighted by molar-refractivity contribution is 7.19. The molecule has 38 heavy (non-hydrogen) atoms. The van der Waals surface area contributed by atoms with E-state index in [4.69, 9.17) is 0 Å². The van der Waals surface area contributed by atoms with Crippen molar-refractivity contribution in [3.8, 4) is 17.2 Å². The van der Waals surface area contributed by atoms with Crippen LogP contribution in [0.15, 0.2) is 24.4 Å². The standard InChI is InChI=1S/C27H25F2N5O3S/c1-14-23(35)34(25(37)26(14,3)4)12-17-10-20-22(38-17)18(5-7-31-20)19-9-16(11-30)32-15(2)21(19)24(36)33-8-6-27(28,29)13-33/h5,7,9-10,14H,6,8,12-13H2,1-4H3. The number of carbonyl (C=O) groups is 3. The fourth-order valence-electron chi connectivity index (χ4n) is 5.04. The fraction of sp³-hybridized carbons (Fsp3) is 0.407. The van der Waals surface area contributed by atoms with Gasteiger partial charge in [0.05, 0.1) is 40.0 Å². The number of thiophene rings is 1. The van der Waals surface area contributed by atoms with Gasteiger partial charge in [-0.1, -0.05) is 20.8 Å². The normalized spacial score (nSPS) is 20.4. The summed E-state index contributed by atoms with van der Waals surface area (Å²) in [5, 5.41) is 9.55. The zero-order valence-electron chi connectivity index (χ0n) is 21.3. The maximum absolute atomic E-state index is 13.9. The molecule has 0 aliphatic carbocycles. The number of amides is 3. The van der Waals surface area contributed by atoms with Gasteiger partial charge in [-0.2, -0.15) is 5.26 Å². The van der Waals surface area contributed by atoms with Crippen molar-refractivity contribution in [3.63, 3.8) is 0 Å². The lowest BCUT2D eigenvalue weighted by Gasteiger charge is -2.20. The first-order chi connectivity index (χ1) is 17.8. The first-order valence-electron chi connectivity index (χ1n) is 12.2. The number of hydrogen-bond donors (Lipinski definition) is 0. The van der Waals surface area contributed by atoms with Crippen LogP contribution in [0.2, 0.25) is 0 Å². The Bertz CT molecular complexity index is 1560. The van der Waals surface area contributed by atoms with Gasteiger partial charge in [0.2, 0.25) is 11.8 Å². The van der Waals surface area contributed by atoms with Crippen molar-refractivity contribution in [2.75, 3.05) is 13.1 Å². The summed E-state index contributed by atoms with van der Waals surface area (Å²) in [6, 6.07) is 6.98. The highest BCUT2D eigenvalue weighted by Gasteiger charge is 2.51. The Morgan fingerprint density at radius 2 is 2.00 bits per heavy atom. The molecule has 1 atom stereocenters. The van der Waals surface area contributed by atoms with Gasteiger partial charge in [0.1, 0.15) is 11.8 Å². The number of aryl methyl sites for hydroxylation is 1. The number of imide groups is 1. The SMILES string of the molecule is Cc1nc(C#N)cc(-c2ccnc3cc(CN4C(=O)C(C)C(C)(C)C4=O)sc23)c1C(=O)N1CCC(F)(F)C1.